The Balaban J connectivity index is 2.13. The van der Waals surface area contributed by atoms with Crippen LogP contribution in [-0.2, 0) is 11.3 Å². The second-order valence-electron chi connectivity index (χ2n) is 5.49. The highest BCUT2D eigenvalue weighted by Gasteiger charge is 2.23. The molecule has 1 unspecified atom stereocenters. The van der Waals surface area contributed by atoms with Gasteiger partial charge in [-0.2, -0.15) is 0 Å². The summed E-state index contributed by atoms with van der Waals surface area (Å²) in [6.45, 7) is 7.02. The van der Waals surface area contributed by atoms with Crippen LogP contribution in [0.5, 0.6) is 0 Å². The summed E-state index contributed by atoms with van der Waals surface area (Å²) >= 11 is 0. The van der Waals surface area contributed by atoms with Crippen molar-refractivity contribution < 1.29 is 9.53 Å². The average Bonchev–Trinajstić information content (AvgIpc) is 2.67. The largest absolute Gasteiger partial charge is 0.461 e. The molecule has 0 saturated carbocycles. The van der Waals surface area contributed by atoms with Crippen molar-refractivity contribution in [2.45, 2.75) is 33.2 Å². The molecule has 6 nitrogen and oxygen atoms in total. The van der Waals surface area contributed by atoms with Crippen LogP contribution in [0.15, 0.2) is 0 Å². The van der Waals surface area contributed by atoms with Crippen LogP contribution in [0.4, 0.5) is 5.82 Å². The summed E-state index contributed by atoms with van der Waals surface area (Å²) in [5.41, 5.74) is 6.32. The van der Waals surface area contributed by atoms with Crippen LogP contribution < -0.4 is 5.73 Å². The lowest BCUT2D eigenvalue weighted by Gasteiger charge is -2.30. The fraction of sp³-hybridized carbons (Fsp3) is 0.714. The molecule has 1 aromatic rings. The van der Waals surface area contributed by atoms with E-state index in [1.165, 1.54) is 12.8 Å². The summed E-state index contributed by atoms with van der Waals surface area (Å²) in [6, 6.07) is 0. The van der Waals surface area contributed by atoms with Crippen molar-refractivity contribution in [1.82, 2.24) is 14.5 Å². The summed E-state index contributed by atoms with van der Waals surface area (Å²) in [5.74, 6) is 1.32. The Morgan fingerprint density at radius 2 is 2.30 bits per heavy atom. The number of imidazole rings is 1. The molecule has 2 N–H and O–H groups in total. The molecule has 0 aliphatic carbocycles. The Labute approximate surface area is 119 Å². The van der Waals surface area contributed by atoms with Gasteiger partial charge in [-0.3, -0.25) is 0 Å². The Kier molecular flexibility index (Phi) is 4.65. The highest BCUT2D eigenvalue weighted by molar-refractivity contribution is 5.92. The van der Waals surface area contributed by atoms with E-state index in [1.807, 2.05) is 11.5 Å². The van der Waals surface area contributed by atoms with Gasteiger partial charge >= 0.3 is 5.97 Å². The summed E-state index contributed by atoms with van der Waals surface area (Å²) < 4.78 is 6.92. The number of hydrogen-bond acceptors (Lipinski definition) is 5. The maximum absolute atomic E-state index is 11.8. The lowest BCUT2D eigenvalue weighted by atomic mass is 9.98. The van der Waals surface area contributed by atoms with Crippen LogP contribution >= 0.6 is 0 Å². The highest BCUT2D eigenvalue weighted by Crippen LogP contribution is 2.22. The highest BCUT2D eigenvalue weighted by atomic mass is 16.5. The topological polar surface area (TPSA) is 73.4 Å². The van der Waals surface area contributed by atoms with Crippen LogP contribution in [0, 0.1) is 12.8 Å². The number of nitrogens with two attached hydrogens (primary N) is 1. The number of hydrogen-bond donors (Lipinski definition) is 1. The Morgan fingerprint density at radius 3 is 2.95 bits per heavy atom. The zero-order valence-electron chi connectivity index (χ0n) is 12.6. The molecule has 6 heteroatoms. The number of piperidine rings is 1. The van der Waals surface area contributed by atoms with Crippen molar-refractivity contribution >= 4 is 11.8 Å². The summed E-state index contributed by atoms with van der Waals surface area (Å²) in [4.78, 5) is 18.4. The molecule has 0 amide bonds. The van der Waals surface area contributed by atoms with Gasteiger partial charge in [0.1, 0.15) is 11.6 Å². The minimum Gasteiger partial charge on any atom is -0.461 e. The van der Waals surface area contributed by atoms with Gasteiger partial charge in [0.2, 0.25) is 0 Å². The normalized spacial score (nSPS) is 20.1. The number of aromatic nitrogens is 2. The molecule has 1 aliphatic rings. The van der Waals surface area contributed by atoms with Crippen LogP contribution in [0.3, 0.4) is 0 Å². The van der Waals surface area contributed by atoms with E-state index in [4.69, 9.17) is 10.5 Å². The fourth-order valence-corrected chi connectivity index (χ4v) is 2.84. The molecule has 1 atom stereocenters. The van der Waals surface area contributed by atoms with E-state index in [2.05, 4.69) is 16.9 Å². The zero-order valence-corrected chi connectivity index (χ0v) is 12.6. The van der Waals surface area contributed by atoms with E-state index >= 15 is 0 Å². The summed E-state index contributed by atoms with van der Waals surface area (Å²) in [5, 5.41) is 0. The van der Waals surface area contributed by atoms with Crippen molar-refractivity contribution in [3.63, 3.8) is 0 Å². The molecule has 1 aliphatic heterocycles. The Hall–Kier alpha value is -1.56. The predicted molar refractivity (Wildman–Crippen MR) is 77.6 cm³/mol. The Morgan fingerprint density at radius 1 is 1.55 bits per heavy atom. The molecule has 112 valence electrons. The van der Waals surface area contributed by atoms with Crippen molar-refractivity contribution in [2.75, 3.05) is 32.5 Å². The Bertz CT molecular complexity index is 484. The number of esters is 1. The quantitative estimate of drug-likeness (QED) is 0.841. The van der Waals surface area contributed by atoms with Crippen molar-refractivity contribution in [3.8, 4) is 0 Å². The van der Waals surface area contributed by atoms with E-state index in [9.17, 15) is 4.79 Å². The molecule has 1 fully saturated rings. The van der Waals surface area contributed by atoms with Gasteiger partial charge in [0.05, 0.1) is 6.61 Å². The maximum Gasteiger partial charge on any atom is 0.360 e. The number of carbonyl (C=O) groups is 1. The number of nitrogens with zero attached hydrogens (tertiary/aromatic N) is 3. The molecule has 1 aromatic heterocycles. The van der Waals surface area contributed by atoms with Gasteiger partial charge < -0.3 is 19.9 Å². The first-order valence-electron chi connectivity index (χ1n) is 7.21. The van der Waals surface area contributed by atoms with Gasteiger partial charge in [-0.05, 0) is 46.2 Å². The van der Waals surface area contributed by atoms with Crippen molar-refractivity contribution in [2.24, 2.45) is 5.92 Å². The predicted octanol–water partition coefficient (Wildman–Crippen LogP) is 1.29. The van der Waals surface area contributed by atoms with E-state index in [-0.39, 0.29) is 5.69 Å². The molecular weight excluding hydrogens is 256 g/mol. The van der Waals surface area contributed by atoms with Gasteiger partial charge in [-0.25, -0.2) is 9.78 Å². The molecule has 0 aromatic carbocycles. The average molecular weight is 280 g/mol. The SMILES string of the molecule is CCOC(=O)c1nc(C)n(CC2CCCN(C)C2)c1N. The molecule has 0 radical (unpaired) electrons. The van der Waals surface area contributed by atoms with Crippen molar-refractivity contribution in [1.29, 1.82) is 0 Å². The van der Waals surface area contributed by atoms with Crippen LogP contribution in [0.25, 0.3) is 0 Å². The number of carbonyl (C=O) groups excluding carboxylic acids is 1. The second kappa shape index (κ2) is 6.26. The number of anilines is 1. The van der Waals surface area contributed by atoms with Gasteiger partial charge in [-0.15, -0.1) is 0 Å². The maximum atomic E-state index is 11.8. The molecule has 2 heterocycles. The zero-order chi connectivity index (χ0) is 14.7. The molecule has 20 heavy (non-hydrogen) atoms. The van der Waals surface area contributed by atoms with Crippen LogP contribution in [-0.4, -0.2) is 47.2 Å². The third-order valence-electron chi connectivity index (χ3n) is 3.83. The van der Waals surface area contributed by atoms with Gasteiger partial charge in [0.25, 0.3) is 0 Å². The van der Waals surface area contributed by atoms with E-state index < -0.39 is 5.97 Å². The van der Waals surface area contributed by atoms with E-state index in [1.54, 1.807) is 6.92 Å². The summed E-state index contributed by atoms with van der Waals surface area (Å²) in [6.07, 6.45) is 2.40. The number of ether oxygens (including phenoxy) is 1. The lowest BCUT2D eigenvalue weighted by Crippen LogP contribution is -2.34. The van der Waals surface area contributed by atoms with E-state index in [0.717, 1.165) is 25.5 Å². The smallest absolute Gasteiger partial charge is 0.360 e. The first-order chi connectivity index (χ1) is 9.52. The molecule has 1 saturated heterocycles. The second-order valence-corrected chi connectivity index (χ2v) is 5.49. The minimum absolute atomic E-state index is 0.244. The fourth-order valence-electron chi connectivity index (χ4n) is 2.84. The van der Waals surface area contributed by atoms with Crippen LogP contribution in [0.2, 0.25) is 0 Å². The first-order valence-corrected chi connectivity index (χ1v) is 7.21. The molecule has 0 spiro atoms. The van der Waals surface area contributed by atoms with E-state index in [0.29, 0.717) is 18.3 Å². The standard InChI is InChI=1S/C14H24N4O2/c1-4-20-14(19)12-13(15)18(10(2)16-12)9-11-6-5-7-17(3)8-11/h11H,4-9,15H2,1-3H3. The monoisotopic (exact) mass is 280 g/mol. The third-order valence-corrected chi connectivity index (χ3v) is 3.83. The molecule has 2 rings (SSSR count). The number of rotatable bonds is 4. The number of nitrogen functional groups attached to an aromatic ring is 1. The lowest BCUT2D eigenvalue weighted by molar-refractivity contribution is 0.0521. The molecular formula is C14H24N4O2. The summed E-state index contributed by atoms with van der Waals surface area (Å²) in [7, 11) is 2.14. The first kappa shape index (κ1) is 14.8. The minimum atomic E-state index is -0.437. The van der Waals surface area contributed by atoms with Crippen molar-refractivity contribution in [3.05, 3.63) is 11.5 Å². The van der Waals surface area contributed by atoms with Crippen LogP contribution in [0.1, 0.15) is 36.1 Å². The van der Waals surface area contributed by atoms with Gasteiger partial charge in [0.15, 0.2) is 5.69 Å². The number of aryl methyl sites for hydroxylation is 1. The third kappa shape index (κ3) is 3.12. The molecule has 0 bridgehead atoms. The number of likely N-dealkylation sites (tertiary alicyclic amines) is 1. The van der Waals surface area contributed by atoms with Gasteiger partial charge in [0, 0.05) is 13.1 Å². The van der Waals surface area contributed by atoms with Gasteiger partial charge in [-0.1, -0.05) is 0 Å².